The molecule has 0 heterocycles. The molecule has 0 radical (unpaired) electrons. The van der Waals surface area contributed by atoms with Crippen molar-refractivity contribution in [2.24, 2.45) is 0 Å². The molecule has 2 atom stereocenters. The number of esters is 1. The highest BCUT2D eigenvalue weighted by Gasteiger charge is 2.25. The molecule has 42 heavy (non-hydrogen) atoms. The predicted molar refractivity (Wildman–Crippen MR) is 162 cm³/mol. The first kappa shape index (κ1) is 30.5. The lowest BCUT2D eigenvalue weighted by atomic mass is 9.97. The number of carbonyl (C=O) groups excluding carboxylic acids is 1. The van der Waals surface area contributed by atoms with Gasteiger partial charge in [0, 0.05) is 5.56 Å². The maximum Gasteiger partial charge on any atom is 0.341 e. The highest BCUT2D eigenvalue weighted by molar-refractivity contribution is 5.92. The Balaban J connectivity index is 1.55. The van der Waals surface area contributed by atoms with Crippen LogP contribution in [0.15, 0.2) is 84.9 Å². The van der Waals surface area contributed by atoms with Crippen molar-refractivity contribution in [2.45, 2.75) is 45.3 Å². The standard InChI is InChI=1S/C35H38O7/c1-23-14-19-29(35(37)40-5)33(20-23)42-28-17-15-27(16-18-28)41-30(13-9-12-25-10-7-6-8-11-25)34(36)26-21-31(38-3)24(2)32(22-26)39-4/h6-8,10-11,14-22,30,34,36H,9,12-13H2,1-5H3/t30-,34-/m0/s1. The number of hydrogen-bond donors (Lipinski definition) is 1. The normalized spacial score (nSPS) is 12.2. The average molecular weight is 571 g/mol. The molecule has 0 amide bonds. The first-order valence-corrected chi connectivity index (χ1v) is 13.9. The number of benzene rings is 4. The van der Waals surface area contributed by atoms with Gasteiger partial charge in [-0.2, -0.15) is 0 Å². The minimum absolute atomic E-state index is 0.342. The summed E-state index contributed by atoms with van der Waals surface area (Å²) in [5, 5.41) is 11.5. The van der Waals surface area contributed by atoms with E-state index in [9.17, 15) is 9.90 Å². The third-order valence-electron chi connectivity index (χ3n) is 7.15. The van der Waals surface area contributed by atoms with Crippen molar-refractivity contribution in [3.63, 3.8) is 0 Å². The van der Waals surface area contributed by atoms with Gasteiger partial charge >= 0.3 is 5.97 Å². The van der Waals surface area contributed by atoms with E-state index in [4.69, 9.17) is 23.7 Å². The van der Waals surface area contributed by atoms with Gasteiger partial charge in [0.1, 0.15) is 46.5 Å². The summed E-state index contributed by atoms with van der Waals surface area (Å²) in [6, 6.07) is 26.3. The number of carbonyl (C=O) groups is 1. The second kappa shape index (κ2) is 14.4. The number of ether oxygens (including phenoxy) is 5. The number of methoxy groups -OCH3 is 3. The fourth-order valence-corrected chi connectivity index (χ4v) is 4.81. The maximum atomic E-state index is 12.2. The molecule has 4 rings (SSSR count). The van der Waals surface area contributed by atoms with E-state index < -0.39 is 18.2 Å². The van der Waals surface area contributed by atoms with Gasteiger partial charge in [-0.15, -0.1) is 0 Å². The van der Waals surface area contributed by atoms with Crippen LogP contribution >= 0.6 is 0 Å². The van der Waals surface area contributed by atoms with Crippen molar-refractivity contribution in [2.75, 3.05) is 21.3 Å². The Labute approximate surface area is 247 Å². The molecule has 0 saturated heterocycles. The fraction of sp³-hybridized carbons (Fsp3) is 0.286. The van der Waals surface area contributed by atoms with Gasteiger partial charge < -0.3 is 28.8 Å². The van der Waals surface area contributed by atoms with Gasteiger partial charge in [-0.05, 0) is 98.3 Å². The first-order chi connectivity index (χ1) is 20.3. The van der Waals surface area contributed by atoms with E-state index in [0.717, 1.165) is 24.0 Å². The summed E-state index contributed by atoms with van der Waals surface area (Å²) in [5.41, 5.74) is 4.03. The topological polar surface area (TPSA) is 83.5 Å². The van der Waals surface area contributed by atoms with Crippen LogP contribution in [-0.2, 0) is 11.2 Å². The van der Waals surface area contributed by atoms with E-state index in [1.165, 1.54) is 12.7 Å². The summed E-state index contributed by atoms with van der Waals surface area (Å²) in [7, 11) is 4.53. The van der Waals surface area contributed by atoms with E-state index >= 15 is 0 Å². The van der Waals surface area contributed by atoms with Crippen LogP contribution in [0.5, 0.6) is 28.7 Å². The zero-order valence-corrected chi connectivity index (χ0v) is 24.8. The van der Waals surface area contributed by atoms with Crippen LogP contribution in [0.4, 0.5) is 0 Å². The quantitative estimate of drug-likeness (QED) is 0.168. The molecule has 0 aliphatic rings. The molecule has 4 aromatic rings. The third kappa shape index (κ3) is 7.62. The number of hydrogen-bond acceptors (Lipinski definition) is 7. The van der Waals surface area contributed by atoms with Crippen LogP contribution in [0.2, 0.25) is 0 Å². The van der Waals surface area contributed by atoms with Gasteiger partial charge in [-0.3, -0.25) is 0 Å². The van der Waals surface area contributed by atoms with Crippen molar-refractivity contribution >= 4 is 5.97 Å². The van der Waals surface area contributed by atoms with Gasteiger partial charge in [0.2, 0.25) is 0 Å². The molecule has 0 fully saturated rings. The Kier molecular flexibility index (Phi) is 10.5. The Morgan fingerprint density at radius 2 is 1.43 bits per heavy atom. The molecule has 0 aromatic heterocycles. The molecular formula is C35H38O7. The first-order valence-electron chi connectivity index (χ1n) is 13.9. The van der Waals surface area contributed by atoms with Crippen LogP contribution in [0.25, 0.3) is 0 Å². The zero-order valence-electron chi connectivity index (χ0n) is 24.8. The van der Waals surface area contributed by atoms with E-state index in [1.54, 1.807) is 50.6 Å². The van der Waals surface area contributed by atoms with E-state index in [2.05, 4.69) is 12.1 Å². The van der Waals surface area contributed by atoms with Crippen molar-refractivity contribution in [1.29, 1.82) is 0 Å². The molecule has 0 bridgehead atoms. The Morgan fingerprint density at radius 1 is 0.786 bits per heavy atom. The molecule has 4 aromatic carbocycles. The van der Waals surface area contributed by atoms with Crippen LogP contribution in [0.3, 0.4) is 0 Å². The number of aliphatic hydroxyl groups is 1. The minimum Gasteiger partial charge on any atom is -0.496 e. The summed E-state index contributed by atoms with van der Waals surface area (Å²) >= 11 is 0. The SMILES string of the molecule is COC(=O)c1ccc(C)cc1Oc1ccc(O[C@@H](CCCc2ccccc2)[C@@H](O)c2cc(OC)c(C)c(OC)c2)cc1. The minimum atomic E-state index is -0.935. The second-order valence-electron chi connectivity index (χ2n) is 10.1. The van der Waals surface area contributed by atoms with Crippen molar-refractivity contribution in [3.8, 4) is 28.7 Å². The molecule has 7 heteroatoms. The van der Waals surface area contributed by atoms with Crippen molar-refractivity contribution in [3.05, 3.63) is 113 Å². The summed E-state index contributed by atoms with van der Waals surface area (Å²) < 4.78 is 28.4. The van der Waals surface area contributed by atoms with E-state index in [1.807, 2.05) is 50.2 Å². The molecule has 0 unspecified atom stereocenters. The average Bonchev–Trinajstić information content (AvgIpc) is 3.01. The predicted octanol–water partition coefficient (Wildman–Crippen LogP) is 7.40. The van der Waals surface area contributed by atoms with Crippen LogP contribution in [0.1, 0.15) is 51.6 Å². The molecule has 0 saturated carbocycles. The summed E-state index contributed by atoms with van der Waals surface area (Å²) in [6.07, 6.45) is 0.810. The van der Waals surface area contributed by atoms with Gasteiger partial charge in [0.15, 0.2) is 0 Å². The summed E-state index contributed by atoms with van der Waals surface area (Å²) in [5.74, 6) is 2.32. The second-order valence-corrected chi connectivity index (χ2v) is 10.1. The molecule has 0 spiro atoms. The highest BCUT2D eigenvalue weighted by Crippen LogP contribution is 2.35. The Bertz CT molecular complexity index is 1440. The number of rotatable bonds is 13. The van der Waals surface area contributed by atoms with E-state index in [-0.39, 0.29) is 0 Å². The smallest absolute Gasteiger partial charge is 0.341 e. The lowest BCUT2D eigenvalue weighted by Gasteiger charge is -2.26. The van der Waals surface area contributed by atoms with Crippen LogP contribution in [0, 0.1) is 13.8 Å². The summed E-state index contributed by atoms with van der Waals surface area (Å²) in [6.45, 7) is 3.84. The van der Waals surface area contributed by atoms with Gasteiger partial charge in [0.05, 0.1) is 21.3 Å². The number of aryl methyl sites for hydroxylation is 2. The largest absolute Gasteiger partial charge is 0.496 e. The van der Waals surface area contributed by atoms with Gasteiger partial charge in [-0.25, -0.2) is 4.79 Å². The van der Waals surface area contributed by atoms with Crippen LogP contribution < -0.4 is 18.9 Å². The monoisotopic (exact) mass is 570 g/mol. The zero-order chi connectivity index (χ0) is 30.1. The molecule has 0 aliphatic heterocycles. The third-order valence-corrected chi connectivity index (χ3v) is 7.15. The van der Waals surface area contributed by atoms with Gasteiger partial charge in [-0.1, -0.05) is 36.4 Å². The maximum absolute atomic E-state index is 12.2. The molecule has 0 aliphatic carbocycles. The molecule has 1 N–H and O–H groups in total. The molecular weight excluding hydrogens is 532 g/mol. The van der Waals surface area contributed by atoms with Gasteiger partial charge in [0.25, 0.3) is 0 Å². The van der Waals surface area contributed by atoms with Crippen molar-refractivity contribution in [1.82, 2.24) is 0 Å². The number of aliphatic hydroxyl groups excluding tert-OH is 1. The Hall–Kier alpha value is -4.49. The molecule has 220 valence electrons. The lowest BCUT2D eigenvalue weighted by Crippen LogP contribution is -2.26. The lowest BCUT2D eigenvalue weighted by molar-refractivity contribution is 0.0289. The highest BCUT2D eigenvalue weighted by atomic mass is 16.5. The van der Waals surface area contributed by atoms with E-state index in [0.29, 0.717) is 46.3 Å². The summed E-state index contributed by atoms with van der Waals surface area (Å²) in [4.78, 5) is 12.2. The molecule has 7 nitrogen and oxygen atoms in total. The van der Waals surface area contributed by atoms with Crippen LogP contribution in [-0.4, -0.2) is 38.5 Å². The Morgan fingerprint density at radius 3 is 2.05 bits per heavy atom. The fourth-order valence-electron chi connectivity index (χ4n) is 4.81. The van der Waals surface area contributed by atoms with Crippen molar-refractivity contribution < 1.29 is 33.6 Å².